The Morgan fingerprint density at radius 3 is 2.19 bits per heavy atom. The van der Waals surface area contributed by atoms with Crippen LogP contribution in [0.1, 0.15) is 45.7 Å². The molecule has 0 saturated heterocycles. The summed E-state index contributed by atoms with van der Waals surface area (Å²) in [5, 5.41) is 3.16. The fourth-order valence-corrected chi connectivity index (χ4v) is 1.18. The molecule has 16 heavy (non-hydrogen) atoms. The van der Waals surface area contributed by atoms with E-state index in [-0.39, 0.29) is 0 Å². The highest BCUT2D eigenvalue weighted by atomic mass is 14.8. The molecule has 0 aromatic heterocycles. The fraction of sp³-hybridized carbons (Fsp3) is 0.467. The van der Waals surface area contributed by atoms with E-state index in [0.29, 0.717) is 0 Å². The van der Waals surface area contributed by atoms with Gasteiger partial charge in [-0.15, -0.1) is 0 Å². The van der Waals surface area contributed by atoms with Gasteiger partial charge in [-0.05, 0) is 29.3 Å². The van der Waals surface area contributed by atoms with Crippen molar-refractivity contribution in [3.05, 3.63) is 41.6 Å². The lowest BCUT2D eigenvalue weighted by Crippen LogP contribution is -2.09. The molecule has 1 heterocycles. The number of hydrogen-bond donors (Lipinski definition) is 1. The third-order valence-electron chi connectivity index (χ3n) is 1.73. The molecule has 0 saturated carbocycles. The van der Waals surface area contributed by atoms with Gasteiger partial charge < -0.3 is 5.32 Å². The number of rotatable bonds is 0. The summed E-state index contributed by atoms with van der Waals surface area (Å²) in [4.78, 5) is 0. The molecule has 0 bridgehead atoms. The Kier molecular flexibility index (Phi) is 8.32. The van der Waals surface area contributed by atoms with Crippen molar-refractivity contribution in [2.24, 2.45) is 5.92 Å². The minimum Gasteiger partial charge on any atom is -0.387 e. The van der Waals surface area contributed by atoms with Crippen LogP contribution in [0.15, 0.2) is 30.5 Å². The molecule has 0 unspecified atom stereocenters. The molecule has 1 aromatic rings. The van der Waals surface area contributed by atoms with Gasteiger partial charge in [0.05, 0.1) is 0 Å². The normalized spacial score (nSPS) is 11.4. The van der Waals surface area contributed by atoms with Crippen molar-refractivity contribution in [1.82, 2.24) is 5.32 Å². The first-order valence-electron chi connectivity index (χ1n) is 6.18. The molecule has 1 aliphatic rings. The van der Waals surface area contributed by atoms with Gasteiger partial charge in [0, 0.05) is 6.54 Å². The average molecular weight is 219 g/mol. The minimum absolute atomic E-state index is 0.833. The van der Waals surface area contributed by atoms with Gasteiger partial charge in [-0.3, -0.25) is 0 Å². The maximum atomic E-state index is 3.16. The maximum Gasteiger partial charge on any atom is 0.0401 e. The second-order valence-corrected chi connectivity index (χ2v) is 4.15. The zero-order valence-electron chi connectivity index (χ0n) is 11.2. The zero-order chi connectivity index (χ0) is 12.4. The standard InChI is InChI=1S/C9H9N.C4H10.C2H6/c1-2-4-9-7-10-6-5-8(9)3-1;1-4(2)3;1-2/h1-6,10H,7H2;4H,1-3H3;1-2H3. The van der Waals surface area contributed by atoms with Gasteiger partial charge >= 0.3 is 0 Å². The molecule has 0 fully saturated rings. The lowest BCUT2D eigenvalue weighted by molar-refractivity contribution is 0.737. The van der Waals surface area contributed by atoms with Crippen LogP contribution in [-0.4, -0.2) is 0 Å². The molecule has 1 nitrogen and oxygen atoms in total. The Balaban J connectivity index is 0.000000323. The Morgan fingerprint density at radius 2 is 1.62 bits per heavy atom. The largest absolute Gasteiger partial charge is 0.387 e. The highest BCUT2D eigenvalue weighted by Gasteiger charge is 1.99. The van der Waals surface area contributed by atoms with Crippen molar-refractivity contribution in [1.29, 1.82) is 0 Å². The molecule has 90 valence electrons. The molecular weight excluding hydrogens is 194 g/mol. The first-order chi connectivity index (χ1) is 7.70. The number of benzene rings is 1. The van der Waals surface area contributed by atoms with Gasteiger partial charge in [0.1, 0.15) is 0 Å². The summed E-state index contributed by atoms with van der Waals surface area (Å²) in [6.07, 6.45) is 4.08. The van der Waals surface area contributed by atoms with Crippen LogP contribution in [0.2, 0.25) is 0 Å². The van der Waals surface area contributed by atoms with Gasteiger partial charge in [-0.1, -0.05) is 58.9 Å². The van der Waals surface area contributed by atoms with E-state index in [9.17, 15) is 0 Å². The third kappa shape index (κ3) is 6.28. The Bertz CT molecular complexity index is 297. The van der Waals surface area contributed by atoms with Crippen LogP contribution in [0.4, 0.5) is 0 Å². The van der Waals surface area contributed by atoms with Crippen LogP contribution in [0.3, 0.4) is 0 Å². The number of hydrogen-bond acceptors (Lipinski definition) is 1. The van der Waals surface area contributed by atoms with Gasteiger partial charge in [0.25, 0.3) is 0 Å². The first-order valence-corrected chi connectivity index (χ1v) is 6.18. The lowest BCUT2D eigenvalue weighted by Gasteiger charge is -2.10. The smallest absolute Gasteiger partial charge is 0.0401 e. The third-order valence-corrected chi connectivity index (χ3v) is 1.73. The molecular formula is C15H25N. The minimum atomic E-state index is 0.833. The summed E-state index contributed by atoms with van der Waals surface area (Å²) in [6.45, 7) is 11.5. The van der Waals surface area contributed by atoms with Gasteiger partial charge in [-0.2, -0.15) is 0 Å². The van der Waals surface area contributed by atoms with Crippen molar-refractivity contribution >= 4 is 6.08 Å². The summed E-state index contributed by atoms with van der Waals surface area (Å²) in [6, 6.07) is 8.41. The van der Waals surface area contributed by atoms with Crippen molar-refractivity contribution in [2.75, 3.05) is 0 Å². The Hall–Kier alpha value is -1.24. The molecule has 1 heteroatoms. The molecule has 0 aliphatic carbocycles. The van der Waals surface area contributed by atoms with Gasteiger partial charge in [-0.25, -0.2) is 0 Å². The molecule has 0 atom stereocenters. The molecule has 0 amide bonds. The first kappa shape index (κ1) is 14.8. The van der Waals surface area contributed by atoms with E-state index in [0.717, 1.165) is 12.5 Å². The Labute approximate surface area is 101 Å². The van der Waals surface area contributed by atoms with Crippen LogP contribution in [0, 0.1) is 5.92 Å². The van der Waals surface area contributed by atoms with Crippen LogP contribution in [0.25, 0.3) is 6.08 Å². The topological polar surface area (TPSA) is 12.0 Å². The summed E-state index contributed by atoms with van der Waals surface area (Å²) in [7, 11) is 0. The zero-order valence-corrected chi connectivity index (χ0v) is 11.2. The highest BCUT2D eigenvalue weighted by molar-refractivity contribution is 5.55. The highest BCUT2D eigenvalue weighted by Crippen LogP contribution is 2.12. The van der Waals surface area contributed by atoms with Crippen LogP contribution in [0.5, 0.6) is 0 Å². The van der Waals surface area contributed by atoms with Crippen LogP contribution >= 0.6 is 0 Å². The maximum absolute atomic E-state index is 3.16. The van der Waals surface area contributed by atoms with Gasteiger partial charge in [0.15, 0.2) is 0 Å². The van der Waals surface area contributed by atoms with E-state index in [4.69, 9.17) is 0 Å². The van der Waals surface area contributed by atoms with E-state index in [1.807, 2.05) is 20.0 Å². The molecule has 0 spiro atoms. The van der Waals surface area contributed by atoms with Crippen molar-refractivity contribution in [3.8, 4) is 0 Å². The van der Waals surface area contributed by atoms with E-state index in [1.54, 1.807) is 0 Å². The van der Waals surface area contributed by atoms with Crippen molar-refractivity contribution in [3.63, 3.8) is 0 Å². The summed E-state index contributed by atoms with van der Waals surface area (Å²) in [5.74, 6) is 0.833. The summed E-state index contributed by atoms with van der Waals surface area (Å²) < 4.78 is 0. The quantitative estimate of drug-likeness (QED) is 0.680. The number of fused-ring (bicyclic) bond motifs is 1. The molecule has 1 aliphatic heterocycles. The predicted molar refractivity (Wildman–Crippen MR) is 74.2 cm³/mol. The molecule has 2 rings (SSSR count). The van der Waals surface area contributed by atoms with Gasteiger partial charge in [0.2, 0.25) is 0 Å². The van der Waals surface area contributed by atoms with Crippen molar-refractivity contribution in [2.45, 2.75) is 41.2 Å². The van der Waals surface area contributed by atoms with E-state index in [1.165, 1.54) is 11.1 Å². The van der Waals surface area contributed by atoms with Crippen molar-refractivity contribution < 1.29 is 0 Å². The lowest BCUT2D eigenvalue weighted by atomic mass is 10.1. The molecule has 0 radical (unpaired) electrons. The molecule has 1 aromatic carbocycles. The molecule has 1 N–H and O–H groups in total. The monoisotopic (exact) mass is 219 g/mol. The van der Waals surface area contributed by atoms with Crippen LogP contribution < -0.4 is 5.32 Å². The van der Waals surface area contributed by atoms with E-state index < -0.39 is 0 Å². The van der Waals surface area contributed by atoms with Crippen LogP contribution in [-0.2, 0) is 6.54 Å². The average Bonchev–Trinajstić information content (AvgIpc) is 2.31. The van der Waals surface area contributed by atoms with E-state index in [2.05, 4.69) is 56.4 Å². The Morgan fingerprint density at radius 1 is 1.06 bits per heavy atom. The SMILES string of the molecule is C1=Cc2ccccc2CN1.CC.CC(C)C. The second kappa shape index (κ2) is 9.02. The second-order valence-electron chi connectivity index (χ2n) is 4.15. The summed E-state index contributed by atoms with van der Waals surface area (Å²) >= 11 is 0. The summed E-state index contributed by atoms with van der Waals surface area (Å²) in [5.41, 5.74) is 2.71. The predicted octanol–water partition coefficient (Wildman–Crippen LogP) is 4.45. The van der Waals surface area contributed by atoms with E-state index >= 15 is 0 Å². The number of nitrogens with one attached hydrogen (secondary N) is 1. The fourth-order valence-electron chi connectivity index (χ4n) is 1.18.